The lowest BCUT2D eigenvalue weighted by atomic mass is 10.1. The number of thiocarbonyl (C=S) groups is 1. The number of carbonyl (C=O) groups excluding carboxylic acids is 2. The van der Waals surface area contributed by atoms with Crippen LogP contribution in [0.5, 0.6) is 0 Å². The van der Waals surface area contributed by atoms with Crippen LogP contribution in [0.25, 0.3) is 11.9 Å². The third kappa shape index (κ3) is 3.74. The number of carbonyl (C=O) groups is 2. The van der Waals surface area contributed by atoms with E-state index in [1.807, 2.05) is 43.5 Å². The molecule has 1 saturated heterocycles. The lowest BCUT2D eigenvalue weighted by Gasteiger charge is -2.30. The maximum atomic E-state index is 13.4. The zero-order valence-electron chi connectivity index (χ0n) is 18.1. The van der Waals surface area contributed by atoms with Crippen LogP contribution in [0.15, 0.2) is 48.2 Å². The van der Waals surface area contributed by atoms with Crippen molar-refractivity contribution in [1.82, 2.24) is 14.9 Å². The van der Waals surface area contributed by atoms with Crippen molar-refractivity contribution in [3.05, 3.63) is 81.3 Å². The summed E-state index contributed by atoms with van der Waals surface area (Å²) in [4.78, 5) is 31.9. The fourth-order valence-corrected chi connectivity index (χ4v) is 4.24. The third-order valence-electron chi connectivity index (χ3n) is 5.48. The van der Waals surface area contributed by atoms with Gasteiger partial charge in [0.2, 0.25) is 0 Å². The van der Waals surface area contributed by atoms with E-state index in [2.05, 4.69) is 10.3 Å². The molecule has 0 atom stereocenters. The van der Waals surface area contributed by atoms with E-state index in [1.165, 1.54) is 4.90 Å². The van der Waals surface area contributed by atoms with Crippen molar-refractivity contribution in [2.45, 2.75) is 27.7 Å². The summed E-state index contributed by atoms with van der Waals surface area (Å²) in [6.45, 7) is 7.69. The quantitative estimate of drug-likeness (QED) is 0.349. The van der Waals surface area contributed by atoms with Gasteiger partial charge in [0.15, 0.2) is 5.11 Å². The first kappa shape index (κ1) is 21.9. The number of hydrogen-bond acceptors (Lipinski definition) is 4. The first-order chi connectivity index (χ1) is 15.2. The van der Waals surface area contributed by atoms with E-state index in [4.69, 9.17) is 23.8 Å². The van der Waals surface area contributed by atoms with Gasteiger partial charge in [0.05, 0.1) is 5.69 Å². The molecule has 8 heteroatoms. The molecule has 0 saturated carbocycles. The summed E-state index contributed by atoms with van der Waals surface area (Å²) in [5, 5.41) is 3.16. The van der Waals surface area contributed by atoms with Crippen molar-refractivity contribution in [2.24, 2.45) is 0 Å². The molecule has 0 aliphatic carbocycles. The topological polar surface area (TPSA) is 67.2 Å². The van der Waals surface area contributed by atoms with Gasteiger partial charge < -0.3 is 4.57 Å². The Bertz CT molecular complexity index is 1330. The van der Waals surface area contributed by atoms with Crippen LogP contribution in [0, 0.1) is 27.7 Å². The number of hydrogen-bond donors (Lipinski definition) is 1. The zero-order chi connectivity index (χ0) is 23.2. The Morgan fingerprint density at radius 3 is 2.56 bits per heavy atom. The smallest absolute Gasteiger partial charge is 0.270 e. The van der Waals surface area contributed by atoms with Crippen LogP contribution in [0.1, 0.15) is 28.1 Å². The molecular weight excluding hydrogens is 444 g/mol. The molecule has 2 amide bonds. The molecule has 4 rings (SSSR count). The Labute approximate surface area is 196 Å². The molecule has 162 valence electrons. The number of rotatable bonds is 3. The predicted molar refractivity (Wildman–Crippen MR) is 130 cm³/mol. The molecule has 1 aliphatic heterocycles. The number of benzene rings is 1. The zero-order valence-corrected chi connectivity index (χ0v) is 19.6. The second-order valence-electron chi connectivity index (χ2n) is 7.70. The maximum absolute atomic E-state index is 13.4. The van der Waals surface area contributed by atoms with Gasteiger partial charge in [-0.1, -0.05) is 17.7 Å². The van der Waals surface area contributed by atoms with Crippen LogP contribution >= 0.6 is 23.8 Å². The molecule has 3 aromatic rings. The lowest BCUT2D eigenvalue weighted by molar-refractivity contribution is -0.122. The molecule has 0 unspecified atom stereocenters. The Morgan fingerprint density at radius 2 is 1.84 bits per heavy atom. The number of halogens is 1. The van der Waals surface area contributed by atoms with E-state index >= 15 is 0 Å². The van der Waals surface area contributed by atoms with E-state index in [0.717, 1.165) is 28.3 Å². The minimum atomic E-state index is -0.533. The van der Waals surface area contributed by atoms with Crippen molar-refractivity contribution in [3.8, 4) is 5.82 Å². The number of amides is 2. The first-order valence-electron chi connectivity index (χ1n) is 9.97. The minimum Gasteiger partial charge on any atom is -0.303 e. The number of nitrogens with zero attached hydrogens (tertiary/aromatic N) is 3. The highest BCUT2D eigenvalue weighted by molar-refractivity contribution is 7.80. The van der Waals surface area contributed by atoms with Crippen molar-refractivity contribution in [2.75, 3.05) is 4.90 Å². The number of aryl methyl sites for hydroxylation is 2. The molecule has 1 fully saturated rings. The molecule has 32 heavy (non-hydrogen) atoms. The monoisotopic (exact) mass is 464 g/mol. The fourth-order valence-electron chi connectivity index (χ4n) is 3.80. The van der Waals surface area contributed by atoms with E-state index in [9.17, 15) is 9.59 Å². The highest BCUT2D eigenvalue weighted by Crippen LogP contribution is 2.30. The Kier molecular flexibility index (Phi) is 5.71. The molecule has 0 bridgehead atoms. The van der Waals surface area contributed by atoms with E-state index < -0.39 is 11.8 Å². The van der Waals surface area contributed by atoms with Crippen molar-refractivity contribution < 1.29 is 9.59 Å². The summed E-state index contributed by atoms with van der Waals surface area (Å²) in [5.74, 6) is -0.251. The largest absolute Gasteiger partial charge is 0.303 e. The normalized spacial score (nSPS) is 15.5. The van der Waals surface area contributed by atoms with Crippen LogP contribution in [-0.4, -0.2) is 26.5 Å². The second kappa shape index (κ2) is 8.33. The average Bonchev–Trinajstić information content (AvgIpc) is 3.01. The highest BCUT2D eigenvalue weighted by Gasteiger charge is 2.35. The SMILES string of the molecule is Cc1ccnc(-n2c(C)cc(/C=C3\C(=O)NC(=S)N(c4cccc(Cl)c4C)C3=O)c2C)c1. The van der Waals surface area contributed by atoms with Crippen molar-refractivity contribution in [3.63, 3.8) is 0 Å². The summed E-state index contributed by atoms with van der Waals surface area (Å²) in [6.07, 6.45) is 3.35. The number of nitrogens with one attached hydrogen (secondary N) is 1. The summed E-state index contributed by atoms with van der Waals surface area (Å²) in [5.41, 5.74) is 4.87. The van der Waals surface area contributed by atoms with Crippen LogP contribution in [0.2, 0.25) is 5.02 Å². The average molecular weight is 465 g/mol. The lowest BCUT2D eigenvalue weighted by Crippen LogP contribution is -2.54. The molecule has 6 nitrogen and oxygen atoms in total. The highest BCUT2D eigenvalue weighted by atomic mass is 35.5. The van der Waals surface area contributed by atoms with Crippen LogP contribution in [0.4, 0.5) is 5.69 Å². The van der Waals surface area contributed by atoms with E-state index in [-0.39, 0.29) is 10.7 Å². The third-order valence-corrected chi connectivity index (χ3v) is 6.18. The number of aromatic nitrogens is 2. The first-order valence-corrected chi connectivity index (χ1v) is 10.8. The molecule has 0 spiro atoms. The molecule has 2 aromatic heterocycles. The van der Waals surface area contributed by atoms with Gasteiger partial charge >= 0.3 is 0 Å². The summed E-state index contributed by atoms with van der Waals surface area (Å²) < 4.78 is 1.99. The maximum Gasteiger partial charge on any atom is 0.270 e. The van der Waals surface area contributed by atoms with Gasteiger partial charge in [0, 0.05) is 22.6 Å². The van der Waals surface area contributed by atoms with Gasteiger partial charge in [-0.25, -0.2) is 4.98 Å². The van der Waals surface area contributed by atoms with Gasteiger partial charge in [-0.3, -0.25) is 19.8 Å². The molecule has 1 aromatic carbocycles. The summed E-state index contributed by atoms with van der Waals surface area (Å²) in [7, 11) is 0. The van der Waals surface area contributed by atoms with Crippen molar-refractivity contribution >= 4 is 52.5 Å². The predicted octanol–water partition coefficient (Wildman–Crippen LogP) is 4.59. The van der Waals surface area contributed by atoms with Gasteiger partial charge in [-0.05, 0) is 93.0 Å². The van der Waals surface area contributed by atoms with Gasteiger partial charge in [0.1, 0.15) is 11.4 Å². The van der Waals surface area contributed by atoms with Crippen molar-refractivity contribution in [1.29, 1.82) is 0 Å². The van der Waals surface area contributed by atoms with Crippen LogP contribution < -0.4 is 10.2 Å². The Hall–Kier alpha value is -3.29. The fraction of sp³-hybridized carbons (Fsp3) is 0.167. The van der Waals surface area contributed by atoms with Gasteiger partial charge in [-0.15, -0.1) is 0 Å². The van der Waals surface area contributed by atoms with E-state index in [1.54, 1.807) is 37.4 Å². The van der Waals surface area contributed by atoms with Gasteiger partial charge in [0.25, 0.3) is 11.8 Å². The second-order valence-corrected chi connectivity index (χ2v) is 8.49. The van der Waals surface area contributed by atoms with Crippen LogP contribution in [-0.2, 0) is 9.59 Å². The molecular formula is C24H21ClN4O2S. The summed E-state index contributed by atoms with van der Waals surface area (Å²) >= 11 is 11.5. The molecule has 1 N–H and O–H groups in total. The Morgan fingerprint density at radius 1 is 1.09 bits per heavy atom. The van der Waals surface area contributed by atoms with E-state index in [0.29, 0.717) is 16.3 Å². The molecule has 3 heterocycles. The molecule has 0 radical (unpaired) electrons. The molecule has 1 aliphatic rings. The minimum absolute atomic E-state index is 0.00423. The van der Waals surface area contributed by atoms with Crippen LogP contribution in [0.3, 0.4) is 0 Å². The number of pyridine rings is 1. The standard InChI is InChI=1S/C24H21ClN4O2S/c1-13-8-9-26-21(10-13)28-14(2)11-17(16(28)4)12-18-22(30)27-24(32)29(23(18)31)20-7-5-6-19(25)15(20)3/h5-12H,1-4H3,(H,27,30,32)/b18-12+. The van der Waals surface area contributed by atoms with Gasteiger partial charge in [-0.2, -0.15) is 0 Å². The summed E-state index contributed by atoms with van der Waals surface area (Å²) in [6, 6.07) is 11.1. The Balaban J connectivity index is 1.79. The number of anilines is 1.